The van der Waals surface area contributed by atoms with Gasteiger partial charge in [0.25, 0.3) is 0 Å². The third-order valence-corrected chi connectivity index (χ3v) is 4.37. The van der Waals surface area contributed by atoms with Gasteiger partial charge in [-0.15, -0.1) is 0 Å². The number of hydrogen-bond donors (Lipinski definition) is 3. The van der Waals surface area contributed by atoms with Gasteiger partial charge in [-0.1, -0.05) is 0 Å². The lowest BCUT2D eigenvalue weighted by Crippen LogP contribution is -2.46. The summed E-state index contributed by atoms with van der Waals surface area (Å²) in [5, 5.41) is 0. The fourth-order valence-electron chi connectivity index (χ4n) is 1.86. The Kier molecular flexibility index (Phi) is 4.21. The topological polar surface area (TPSA) is 115 Å². The molecule has 0 unspecified atom stereocenters. The molecule has 0 saturated carbocycles. The first-order valence-electron chi connectivity index (χ1n) is 5.72. The van der Waals surface area contributed by atoms with Crippen LogP contribution in [0.15, 0.2) is 23.1 Å². The van der Waals surface area contributed by atoms with Crippen LogP contribution in [0.4, 0.5) is 5.69 Å². The van der Waals surface area contributed by atoms with Crippen molar-refractivity contribution in [3.8, 4) is 0 Å². The minimum atomic E-state index is -3.72. The number of nitrogens with one attached hydrogen (secondary N) is 1. The van der Waals surface area contributed by atoms with Gasteiger partial charge in [0, 0.05) is 17.6 Å². The first kappa shape index (κ1) is 15.5. The molecule has 0 aliphatic heterocycles. The summed E-state index contributed by atoms with van der Waals surface area (Å²) >= 11 is 0. The summed E-state index contributed by atoms with van der Waals surface area (Å²) in [6, 6.07) is 4.53. The normalized spacial score (nSPS) is 12.4. The second-order valence-electron chi connectivity index (χ2n) is 5.16. The molecular weight excluding hydrogens is 266 g/mol. The van der Waals surface area contributed by atoms with Crippen molar-refractivity contribution in [3.05, 3.63) is 23.8 Å². The van der Waals surface area contributed by atoms with Gasteiger partial charge in [-0.3, -0.25) is 4.79 Å². The first-order chi connectivity index (χ1) is 8.53. The van der Waals surface area contributed by atoms with Crippen LogP contribution in [-0.2, 0) is 14.8 Å². The third kappa shape index (κ3) is 4.22. The molecule has 0 bridgehead atoms. The summed E-state index contributed by atoms with van der Waals surface area (Å²) in [6.45, 7) is 4.86. The maximum Gasteiger partial charge on any atom is 0.241 e. The summed E-state index contributed by atoms with van der Waals surface area (Å²) in [4.78, 5) is 11.1. The Morgan fingerprint density at radius 2 is 1.95 bits per heavy atom. The van der Waals surface area contributed by atoms with Crippen molar-refractivity contribution >= 4 is 21.6 Å². The number of amides is 1. The minimum absolute atomic E-state index is 0.0831. The molecule has 0 fully saturated rings. The van der Waals surface area contributed by atoms with Crippen LogP contribution in [0.3, 0.4) is 0 Å². The van der Waals surface area contributed by atoms with E-state index >= 15 is 0 Å². The Hall–Kier alpha value is -1.60. The number of carbonyl (C=O) groups is 1. The lowest BCUT2D eigenvalue weighted by molar-refractivity contribution is -0.119. The molecular formula is C12H19N3O3S. The molecule has 0 aromatic heterocycles. The van der Waals surface area contributed by atoms with Gasteiger partial charge in [0.2, 0.25) is 15.9 Å². The van der Waals surface area contributed by atoms with E-state index in [1.807, 2.05) is 0 Å². The molecule has 0 spiro atoms. The van der Waals surface area contributed by atoms with Crippen LogP contribution in [-0.4, -0.2) is 19.9 Å². The molecule has 1 aromatic rings. The summed E-state index contributed by atoms with van der Waals surface area (Å²) in [5.74, 6) is -0.568. The van der Waals surface area contributed by atoms with Crippen LogP contribution >= 0.6 is 0 Å². The highest BCUT2D eigenvalue weighted by atomic mass is 32.2. The van der Waals surface area contributed by atoms with Gasteiger partial charge in [-0.05, 0) is 44.5 Å². The number of sulfonamides is 1. The zero-order valence-electron chi connectivity index (χ0n) is 11.2. The lowest BCUT2D eigenvalue weighted by Gasteiger charge is -2.24. The molecule has 0 atom stereocenters. The molecule has 1 amide bonds. The molecule has 0 radical (unpaired) electrons. The van der Waals surface area contributed by atoms with Crippen LogP contribution in [0.25, 0.3) is 0 Å². The quantitative estimate of drug-likeness (QED) is 0.683. The molecule has 0 aliphatic rings. The van der Waals surface area contributed by atoms with Gasteiger partial charge < -0.3 is 11.5 Å². The van der Waals surface area contributed by atoms with Crippen molar-refractivity contribution in [2.45, 2.75) is 37.6 Å². The number of primary amides is 1. The molecule has 0 heterocycles. The van der Waals surface area contributed by atoms with E-state index in [0.29, 0.717) is 11.3 Å². The lowest BCUT2D eigenvalue weighted by atomic mass is 10.0. The van der Waals surface area contributed by atoms with Crippen LogP contribution < -0.4 is 16.2 Å². The number of rotatable bonds is 5. The number of benzene rings is 1. The van der Waals surface area contributed by atoms with Gasteiger partial charge in [-0.25, -0.2) is 13.1 Å². The SMILES string of the molecule is Cc1cc(N)ccc1S(=O)(=O)NC(C)(C)CC(N)=O. The van der Waals surface area contributed by atoms with Crippen molar-refractivity contribution < 1.29 is 13.2 Å². The fraction of sp³-hybridized carbons (Fsp3) is 0.417. The highest BCUT2D eigenvalue weighted by Gasteiger charge is 2.28. The Morgan fingerprint density at radius 3 is 2.42 bits per heavy atom. The summed E-state index contributed by atoms with van der Waals surface area (Å²) in [6.07, 6.45) is -0.0831. The van der Waals surface area contributed by atoms with Crippen molar-refractivity contribution in [1.29, 1.82) is 0 Å². The highest BCUT2D eigenvalue weighted by Crippen LogP contribution is 2.20. The second-order valence-corrected chi connectivity index (χ2v) is 6.81. The van der Waals surface area contributed by atoms with Crippen LogP contribution in [0, 0.1) is 6.92 Å². The Labute approximate surface area is 113 Å². The van der Waals surface area contributed by atoms with Gasteiger partial charge in [0.15, 0.2) is 0 Å². The third-order valence-electron chi connectivity index (χ3n) is 2.52. The monoisotopic (exact) mass is 285 g/mol. The van der Waals surface area contributed by atoms with E-state index in [4.69, 9.17) is 11.5 Å². The van der Waals surface area contributed by atoms with Gasteiger partial charge in [-0.2, -0.15) is 0 Å². The molecule has 1 rings (SSSR count). The molecule has 6 nitrogen and oxygen atoms in total. The summed E-state index contributed by atoms with van der Waals surface area (Å²) < 4.78 is 27.0. The minimum Gasteiger partial charge on any atom is -0.399 e. The number of anilines is 1. The summed E-state index contributed by atoms with van der Waals surface area (Å²) in [5.41, 5.74) is 10.8. The number of carbonyl (C=O) groups excluding carboxylic acids is 1. The van der Waals surface area contributed by atoms with E-state index in [0.717, 1.165) is 0 Å². The number of nitrogens with two attached hydrogens (primary N) is 2. The largest absolute Gasteiger partial charge is 0.399 e. The van der Waals surface area contributed by atoms with Gasteiger partial charge in [0.1, 0.15) is 0 Å². The second kappa shape index (κ2) is 5.18. The standard InChI is InChI=1S/C12H19N3O3S/c1-8-6-9(13)4-5-10(8)19(17,18)15-12(2,3)7-11(14)16/h4-6,15H,7,13H2,1-3H3,(H2,14,16). The first-order valence-corrected chi connectivity index (χ1v) is 7.20. The molecule has 0 aliphatic carbocycles. The van der Waals surface area contributed by atoms with Crippen molar-refractivity contribution in [1.82, 2.24) is 4.72 Å². The Balaban J connectivity index is 3.08. The average Bonchev–Trinajstić information content (AvgIpc) is 2.11. The smallest absolute Gasteiger partial charge is 0.241 e. The van der Waals surface area contributed by atoms with E-state index in [1.54, 1.807) is 26.8 Å². The molecule has 106 valence electrons. The zero-order chi connectivity index (χ0) is 14.8. The zero-order valence-corrected chi connectivity index (χ0v) is 12.0. The fourth-order valence-corrected chi connectivity index (χ4v) is 3.50. The van der Waals surface area contributed by atoms with E-state index in [2.05, 4.69) is 4.72 Å². The number of aryl methyl sites for hydroxylation is 1. The van der Waals surface area contributed by atoms with Crippen LogP contribution in [0.5, 0.6) is 0 Å². The van der Waals surface area contributed by atoms with E-state index in [9.17, 15) is 13.2 Å². The van der Waals surface area contributed by atoms with Crippen molar-refractivity contribution in [3.63, 3.8) is 0 Å². The Bertz CT molecular complexity index is 594. The van der Waals surface area contributed by atoms with Crippen molar-refractivity contribution in [2.75, 3.05) is 5.73 Å². The maximum absolute atomic E-state index is 12.3. The van der Waals surface area contributed by atoms with Crippen LogP contribution in [0.2, 0.25) is 0 Å². The predicted octanol–water partition coefficient (Wildman–Crippen LogP) is 0.510. The number of hydrogen-bond acceptors (Lipinski definition) is 4. The van der Waals surface area contributed by atoms with Crippen molar-refractivity contribution in [2.24, 2.45) is 5.73 Å². The van der Waals surface area contributed by atoms with E-state index < -0.39 is 21.5 Å². The molecule has 1 aromatic carbocycles. The van der Waals surface area contributed by atoms with Gasteiger partial charge >= 0.3 is 0 Å². The molecule has 19 heavy (non-hydrogen) atoms. The van der Waals surface area contributed by atoms with E-state index in [-0.39, 0.29) is 11.3 Å². The molecule has 5 N–H and O–H groups in total. The average molecular weight is 285 g/mol. The molecule has 0 saturated heterocycles. The molecule has 7 heteroatoms. The van der Waals surface area contributed by atoms with Gasteiger partial charge in [0.05, 0.1) is 4.90 Å². The Morgan fingerprint density at radius 1 is 1.37 bits per heavy atom. The van der Waals surface area contributed by atoms with E-state index in [1.165, 1.54) is 12.1 Å². The highest BCUT2D eigenvalue weighted by molar-refractivity contribution is 7.89. The van der Waals surface area contributed by atoms with Crippen LogP contribution in [0.1, 0.15) is 25.8 Å². The summed E-state index contributed by atoms with van der Waals surface area (Å²) in [7, 11) is -3.72. The number of nitrogen functional groups attached to an aromatic ring is 1. The predicted molar refractivity (Wildman–Crippen MR) is 73.8 cm³/mol. The maximum atomic E-state index is 12.3.